The van der Waals surface area contributed by atoms with Crippen molar-refractivity contribution >= 4 is 23.1 Å². The number of allylic oxidation sites excluding steroid dienone is 2. The van der Waals surface area contributed by atoms with Gasteiger partial charge in [0.05, 0.1) is 12.1 Å². The zero-order valence-corrected chi connectivity index (χ0v) is 17.1. The average Bonchev–Trinajstić information content (AvgIpc) is 3.48. The number of hydrogen-bond donors (Lipinski definition) is 1. The number of amides is 1. The zero-order valence-electron chi connectivity index (χ0n) is 17.1. The molecule has 1 N–H and O–H groups in total. The van der Waals surface area contributed by atoms with Crippen molar-refractivity contribution in [3.8, 4) is 0 Å². The summed E-state index contributed by atoms with van der Waals surface area (Å²) in [7, 11) is 0. The standard InChI is InChI=1S/C23H29N5O/c1-17-4-2-13-28(17)20-10-14-27(16-20)19-8-6-18(7-9-19)25-23(29)21-5-3-12-26-15-11-24-22(21)26/h3,5-9,12,17,20H,2,4,10-11,13-16H2,1H3,(H,25,29). The number of carbonyl (C=O) groups excluding carboxylic acids is 1. The molecule has 2 saturated heterocycles. The quantitative estimate of drug-likeness (QED) is 0.858. The van der Waals surface area contributed by atoms with E-state index < -0.39 is 0 Å². The molecule has 152 valence electrons. The molecule has 0 radical (unpaired) electrons. The van der Waals surface area contributed by atoms with E-state index in [1.165, 1.54) is 31.5 Å². The molecular formula is C23H29N5O. The average molecular weight is 392 g/mol. The van der Waals surface area contributed by atoms with Crippen LogP contribution in [0.3, 0.4) is 0 Å². The Labute approximate surface area is 172 Å². The van der Waals surface area contributed by atoms with E-state index in [0.29, 0.717) is 11.6 Å². The smallest absolute Gasteiger partial charge is 0.259 e. The topological polar surface area (TPSA) is 51.2 Å². The molecule has 6 heteroatoms. The van der Waals surface area contributed by atoms with E-state index in [0.717, 1.165) is 43.7 Å². The van der Waals surface area contributed by atoms with E-state index in [9.17, 15) is 4.79 Å². The van der Waals surface area contributed by atoms with E-state index in [1.807, 2.05) is 35.4 Å². The van der Waals surface area contributed by atoms with Crippen LogP contribution in [0, 0.1) is 0 Å². The van der Waals surface area contributed by atoms with Crippen LogP contribution in [0.15, 0.2) is 53.2 Å². The number of anilines is 2. The summed E-state index contributed by atoms with van der Waals surface area (Å²) in [6.45, 7) is 7.41. The lowest BCUT2D eigenvalue weighted by molar-refractivity contribution is -0.112. The molecule has 0 bridgehead atoms. The lowest BCUT2D eigenvalue weighted by Crippen LogP contribution is -2.39. The van der Waals surface area contributed by atoms with Gasteiger partial charge in [-0.2, -0.15) is 0 Å². The Kier molecular flexibility index (Phi) is 4.87. The van der Waals surface area contributed by atoms with Gasteiger partial charge in [0.2, 0.25) is 0 Å². The van der Waals surface area contributed by atoms with Gasteiger partial charge in [-0.25, -0.2) is 0 Å². The number of carbonyl (C=O) groups is 1. The van der Waals surface area contributed by atoms with Gasteiger partial charge in [0.25, 0.3) is 5.91 Å². The van der Waals surface area contributed by atoms with Gasteiger partial charge in [0.15, 0.2) is 0 Å². The SMILES string of the molecule is CC1CCCN1C1CCN(c2ccc(NC(=O)C3=CC=CN4CCN=C34)cc2)C1. The van der Waals surface area contributed by atoms with Crippen molar-refractivity contribution in [3.63, 3.8) is 0 Å². The van der Waals surface area contributed by atoms with E-state index in [4.69, 9.17) is 0 Å². The maximum absolute atomic E-state index is 12.7. The summed E-state index contributed by atoms with van der Waals surface area (Å²) < 4.78 is 0. The van der Waals surface area contributed by atoms with E-state index in [-0.39, 0.29) is 5.91 Å². The molecule has 1 aromatic carbocycles. The van der Waals surface area contributed by atoms with Gasteiger partial charge in [0, 0.05) is 49.3 Å². The number of aliphatic imine (C=N–C) groups is 1. The summed E-state index contributed by atoms with van der Waals surface area (Å²) in [6.07, 6.45) is 9.64. The molecule has 0 spiro atoms. The molecular weight excluding hydrogens is 362 g/mol. The van der Waals surface area contributed by atoms with Gasteiger partial charge >= 0.3 is 0 Å². The first-order valence-corrected chi connectivity index (χ1v) is 10.8. The monoisotopic (exact) mass is 391 g/mol. The number of likely N-dealkylation sites (tertiary alicyclic amines) is 1. The lowest BCUT2D eigenvalue weighted by atomic mass is 10.1. The first-order chi connectivity index (χ1) is 14.2. The summed E-state index contributed by atoms with van der Waals surface area (Å²) in [6, 6.07) is 9.66. The van der Waals surface area contributed by atoms with E-state index >= 15 is 0 Å². The highest BCUT2D eigenvalue weighted by Crippen LogP contribution is 2.29. The largest absolute Gasteiger partial charge is 0.370 e. The van der Waals surface area contributed by atoms with Crippen molar-refractivity contribution in [1.29, 1.82) is 0 Å². The van der Waals surface area contributed by atoms with Crippen LogP contribution in [0.25, 0.3) is 0 Å². The highest BCUT2D eigenvalue weighted by atomic mass is 16.1. The maximum Gasteiger partial charge on any atom is 0.259 e. The van der Waals surface area contributed by atoms with Crippen molar-refractivity contribution in [3.05, 3.63) is 48.2 Å². The van der Waals surface area contributed by atoms with Gasteiger partial charge in [-0.3, -0.25) is 14.7 Å². The number of rotatable bonds is 4. The van der Waals surface area contributed by atoms with Crippen molar-refractivity contribution in [1.82, 2.24) is 9.80 Å². The third kappa shape index (κ3) is 3.57. The van der Waals surface area contributed by atoms with Crippen LogP contribution in [-0.4, -0.2) is 66.4 Å². The minimum Gasteiger partial charge on any atom is -0.370 e. The minimum absolute atomic E-state index is 0.1000. The second-order valence-corrected chi connectivity index (χ2v) is 8.44. The Bertz CT molecular complexity index is 872. The number of fused-ring (bicyclic) bond motifs is 1. The molecule has 29 heavy (non-hydrogen) atoms. The number of hydrogen-bond acceptors (Lipinski definition) is 5. The first kappa shape index (κ1) is 18.4. The van der Waals surface area contributed by atoms with Crippen molar-refractivity contribution in [2.24, 2.45) is 4.99 Å². The highest BCUT2D eigenvalue weighted by molar-refractivity contribution is 6.25. The van der Waals surface area contributed by atoms with Crippen molar-refractivity contribution < 1.29 is 4.79 Å². The molecule has 1 aromatic rings. The summed E-state index contributed by atoms with van der Waals surface area (Å²) in [5.74, 6) is 0.679. The third-order valence-corrected chi connectivity index (χ3v) is 6.62. The maximum atomic E-state index is 12.7. The van der Waals surface area contributed by atoms with Crippen LogP contribution in [-0.2, 0) is 4.79 Å². The Balaban J connectivity index is 1.21. The van der Waals surface area contributed by atoms with Gasteiger partial charge in [-0.15, -0.1) is 0 Å². The lowest BCUT2D eigenvalue weighted by Gasteiger charge is -2.28. The fraction of sp³-hybridized carbons (Fsp3) is 0.478. The van der Waals surface area contributed by atoms with Crippen LogP contribution in [0.2, 0.25) is 0 Å². The van der Waals surface area contributed by atoms with Crippen LogP contribution in [0.1, 0.15) is 26.2 Å². The molecule has 5 rings (SSSR count). The summed E-state index contributed by atoms with van der Waals surface area (Å²) in [4.78, 5) is 24.4. The molecule has 4 aliphatic rings. The number of nitrogens with zero attached hydrogens (tertiary/aromatic N) is 4. The third-order valence-electron chi connectivity index (χ3n) is 6.62. The number of nitrogens with one attached hydrogen (secondary N) is 1. The molecule has 0 saturated carbocycles. The van der Waals surface area contributed by atoms with Crippen LogP contribution in [0.4, 0.5) is 11.4 Å². The number of amidine groups is 1. The summed E-state index contributed by atoms with van der Waals surface area (Å²) >= 11 is 0. The van der Waals surface area contributed by atoms with Gasteiger partial charge in [-0.05, 0) is 69.1 Å². The van der Waals surface area contributed by atoms with E-state index in [1.54, 1.807) is 0 Å². The fourth-order valence-electron chi connectivity index (χ4n) is 5.04. The van der Waals surface area contributed by atoms with E-state index in [2.05, 4.69) is 39.2 Å². The van der Waals surface area contributed by atoms with Gasteiger partial charge in [0.1, 0.15) is 5.84 Å². The highest BCUT2D eigenvalue weighted by Gasteiger charge is 2.33. The van der Waals surface area contributed by atoms with Crippen molar-refractivity contribution in [2.45, 2.75) is 38.3 Å². The first-order valence-electron chi connectivity index (χ1n) is 10.8. The molecule has 4 heterocycles. The second kappa shape index (κ2) is 7.67. The molecule has 2 atom stereocenters. The Morgan fingerprint density at radius 3 is 2.79 bits per heavy atom. The predicted octanol–water partition coefficient (Wildman–Crippen LogP) is 2.86. The summed E-state index contributed by atoms with van der Waals surface area (Å²) in [5.41, 5.74) is 2.70. The molecule has 1 amide bonds. The summed E-state index contributed by atoms with van der Waals surface area (Å²) in [5, 5.41) is 3.03. The molecule has 0 aliphatic carbocycles. The molecule has 6 nitrogen and oxygen atoms in total. The Morgan fingerprint density at radius 1 is 1.14 bits per heavy atom. The predicted molar refractivity (Wildman–Crippen MR) is 117 cm³/mol. The van der Waals surface area contributed by atoms with Gasteiger partial charge in [-0.1, -0.05) is 0 Å². The molecule has 4 aliphatic heterocycles. The Hall–Kier alpha value is -2.60. The fourth-order valence-corrected chi connectivity index (χ4v) is 5.04. The van der Waals surface area contributed by atoms with Crippen LogP contribution >= 0.6 is 0 Å². The molecule has 2 fully saturated rings. The number of benzene rings is 1. The van der Waals surface area contributed by atoms with Crippen LogP contribution in [0.5, 0.6) is 0 Å². The van der Waals surface area contributed by atoms with Crippen molar-refractivity contribution in [2.75, 3.05) is 42.9 Å². The molecule has 2 unspecified atom stereocenters. The minimum atomic E-state index is -0.1000. The molecule has 0 aromatic heterocycles. The zero-order chi connectivity index (χ0) is 19.8. The van der Waals surface area contributed by atoms with Gasteiger partial charge < -0.3 is 15.1 Å². The Morgan fingerprint density at radius 2 is 2.00 bits per heavy atom. The second-order valence-electron chi connectivity index (χ2n) is 8.44. The van der Waals surface area contributed by atoms with Crippen LogP contribution < -0.4 is 10.2 Å². The normalized spacial score (nSPS) is 26.5.